The first-order valence-electron chi connectivity index (χ1n) is 18.7. The van der Waals surface area contributed by atoms with Crippen LogP contribution in [0.25, 0.3) is 0 Å². The average molecular weight is 701 g/mol. The fourth-order valence-corrected chi connectivity index (χ4v) is 8.48. The van der Waals surface area contributed by atoms with Gasteiger partial charge in [0.2, 0.25) is 0 Å². The van der Waals surface area contributed by atoms with E-state index in [1.807, 2.05) is 87.7 Å². The topological polar surface area (TPSA) is 83.1 Å². The Bertz CT molecular complexity index is 1730. The largest absolute Gasteiger partial charge is 0.444 e. The number of carbonyl (C=O) groups excluding carboxylic acids is 2. The molecule has 2 saturated heterocycles. The van der Waals surface area contributed by atoms with Crippen molar-refractivity contribution < 1.29 is 19.1 Å². The molecule has 4 aliphatic rings. The molecule has 6 atom stereocenters. The van der Waals surface area contributed by atoms with Crippen LogP contribution in [0, 0.1) is 11.8 Å². The third kappa shape index (κ3) is 7.34. The Morgan fingerprint density at radius 2 is 0.885 bits per heavy atom. The molecule has 0 bridgehead atoms. The number of carbonyl (C=O) groups is 2. The number of para-hydroxylation sites is 2. The molecule has 4 aromatic rings. The van der Waals surface area contributed by atoms with Gasteiger partial charge in [-0.2, -0.15) is 0 Å². The molecule has 0 unspecified atom stereocenters. The highest BCUT2D eigenvalue weighted by Crippen LogP contribution is 2.52. The third-order valence-corrected chi connectivity index (χ3v) is 10.5. The number of rotatable bonds is 2. The van der Waals surface area contributed by atoms with Crippen molar-refractivity contribution in [2.75, 3.05) is 23.7 Å². The number of fused-ring (bicyclic) bond motifs is 6. The minimum atomic E-state index is -0.486. The number of ether oxygens (including phenoxy) is 2. The van der Waals surface area contributed by atoms with Crippen molar-refractivity contribution in [3.63, 3.8) is 0 Å². The highest BCUT2D eigenvalue weighted by atomic mass is 16.6. The molecule has 0 aliphatic carbocycles. The first-order valence-corrected chi connectivity index (χ1v) is 18.7. The second kappa shape index (κ2) is 14.2. The number of nitrogens with zero attached hydrogens (tertiary/aromatic N) is 2. The van der Waals surface area contributed by atoms with Crippen molar-refractivity contribution in [3.8, 4) is 0 Å². The molecule has 52 heavy (non-hydrogen) atoms. The van der Waals surface area contributed by atoms with Crippen LogP contribution in [0.1, 0.15) is 101 Å². The summed E-state index contributed by atoms with van der Waals surface area (Å²) in [6, 6.07) is 38.2. The van der Waals surface area contributed by atoms with Crippen LogP contribution in [0.4, 0.5) is 21.0 Å². The van der Waals surface area contributed by atoms with E-state index in [9.17, 15) is 9.59 Å². The van der Waals surface area contributed by atoms with Crippen molar-refractivity contribution in [2.45, 2.75) is 89.8 Å². The predicted octanol–water partition coefficient (Wildman–Crippen LogP) is 10.3. The molecule has 2 N–H and O–H groups in total. The molecule has 0 aromatic heterocycles. The molecular weight excluding hydrogens is 649 g/mol. The molecule has 0 radical (unpaired) electrons. The number of hydrogen-bond donors (Lipinski definition) is 2. The van der Waals surface area contributed by atoms with Gasteiger partial charge in [0.15, 0.2) is 0 Å². The van der Waals surface area contributed by atoms with Crippen molar-refractivity contribution in [2.24, 2.45) is 11.8 Å². The van der Waals surface area contributed by atoms with Gasteiger partial charge >= 0.3 is 12.2 Å². The fraction of sp³-hybridized carbons (Fsp3) is 0.409. The van der Waals surface area contributed by atoms with Gasteiger partial charge in [-0.15, -0.1) is 0 Å². The Balaban J connectivity index is 0.000000162. The van der Waals surface area contributed by atoms with Gasteiger partial charge in [-0.25, -0.2) is 9.59 Å². The van der Waals surface area contributed by atoms with Gasteiger partial charge in [0.05, 0.1) is 24.2 Å². The lowest BCUT2D eigenvalue weighted by atomic mass is 9.80. The van der Waals surface area contributed by atoms with E-state index in [0.29, 0.717) is 11.8 Å². The summed E-state index contributed by atoms with van der Waals surface area (Å²) in [6.45, 7) is 13.0. The van der Waals surface area contributed by atoms with Gasteiger partial charge < -0.3 is 29.9 Å². The molecule has 8 rings (SSSR count). The maximum atomic E-state index is 12.9. The van der Waals surface area contributed by atoms with E-state index in [-0.39, 0.29) is 36.4 Å². The summed E-state index contributed by atoms with van der Waals surface area (Å²) in [7, 11) is 0. The smallest absolute Gasteiger partial charge is 0.410 e. The quantitative estimate of drug-likeness (QED) is 0.217. The summed E-state index contributed by atoms with van der Waals surface area (Å²) in [4.78, 5) is 29.5. The molecule has 4 aromatic carbocycles. The number of anilines is 2. The first kappa shape index (κ1) is 35.4. The normalized spacial score (nSPS) is 24.4. The summed E-state index contributed by atoms with van der Waals surface area (Å²) >= 11 is 0. The van der Waals surface area contributed by atoms with Crippen LogP contribution in [0.5, 0.6) is 0 Å². The lowest BCUT2D eigenvalue weighted by Crippen LogP contribution is -2.40. The monoisotopic (exact) mass is 700 g/mol. The van der Waals surface area contributed by atoms with Crippen LogP contribution >= 0.6 is 0 Å². The van der Waals surface area contributed by atoms with Crippen molar-refractivity contribution in [1.82, 2.24) is 9.80 Å². The SMILES string of the molecule is CC(C)(C)OC(=O)N1CC[C@@H]2[C@@H](c3ccccc3)Nc3ccccc3[C@@H]21.CC(C)(C)OC(=O)N1CC[C@@H]2[C@H]1c1ccccc1N[C@H]2c1ccccc1. The standard InChI is InChI=1S/2C22H26N2O2/c2*1-22(2,3)26-21(25)24-14-13-17-19(15-9-5-4-6-10-15)23-18-12-8-7-11-16(18)20(17)24/h2*4-12,17,19-20,23H,13-14H2,1-3H3/t2*17-,19-,20+/m10/s1. The summed E-state index contributed by atoms with van der Waals surface area (Å²) in [5.74, 6) is 0.666. The summed E-state index contributed by atoms with van der Waals surface area (Å²) < 4.78 is 11.4. The van der Waals surface area contributed by atoms with Crippen LogP contribution in [-0.2, 0) is 9.47 Å². The van der Waals surface area contributed by atoms with Crippen molar-refractivity contribution >= 4 is 23.6 Å². The molecular formula is C44H52N4O4. The number of likely N-dealkylation sites (tertiary alicyclic amines) is 2. The lowest BCUT2D eigenvalue weighted by molar-refractivity contribution is 0.0188. The van der Waals surface area contributed by atoms with Gasteiger partial charge in [0, 0.05) is 36.3 Å². The zero-order valence-electron chi connectivity index (χ0n) is 31.2. The Morgan fingerprint density at radius 1 is 0.538 bits per heavy atom. The molecule has 0 saturated carbocycles. The van der Waals surface area contributed by atoms with E-state index in [1.165, 1.54) is 22.3 Å². The number of amides is 2. The van der Waals surface area contributed by atoms with E-state index in [4.69, 9.17) is 9.47 Å². The molecule has 2 amide bonds. The summed E-state index contributed by atoms with van der Waals surface area (Å²) in [5.41, 5.74) is 6.16. The number of benzene rings is 4. The van der Waals surface area contributed by atoms with Crippen molar-refractivity contribution in [3.05, 3.63) is 131 Å². The van der Waals surface area contributed by atoms with Gasteiger partial charge in [-0.05, 0) is 88.8 Å². The Labute approximate surface area is 308 Å². The zero-order valence-corrected chi connectivity index (χ0v) is 31.2. The van der Waals surface area contributed by atoms with Crippen LogP contribution in [0.3, 0.4) is 0 Å². The van der Waals surface area contributed by atoms with E-state index in [1.54, 1.807) is 0 Å². The highest BCUT2D eigenvalue weighted by molar-refractivity contribution is 5.72. The van der Waals surface area contributed by atoms with Crippen LogP contribution in [-0.4, -0.2) is 46.3 Å². The summed E-state index contributed by atoms with van der Waals surface area (Å²) in [5, 5.41) is 7.43. The maximum absolute atomic E-state index is 12.9. The van der Waals surface area contributed by atoms with Crippen LogP contribution < -0.4 is 10.6 Å². The highest BCUT2D eigenvalue weighted by Gasteiger charge is 2.48. The first-order chi connectivity index (χ1) is 24.9. The Kier molecular flexibility index (Phi) is 9.68. The van der Waals surface area contributed by atoms with E-state index < -0.39 is 11.2 Å². The molecule has 4 aliphatic heterocycles. The maximum Gasteiger partial charge on any atom is 0.410 e. The Hall–Kier alpha value is -4.98. The van der Waals surface area contributed by atoms with Gasteiger partial charge in [0.25, 0.3) is 0 Å². The average Bonchev–Trinajstić information content (AvgIpc) is 3.77. The molecule has 272 valence electrons. The second-order valence-corrected chi connectivity index (χ2v) is 16.4. The zero-order chi connectivity index (χ0) is 36.6. The third-order valence-electron chi connectivity index (χ3n) is 10.5. The Morgan fingerprint density at radius 3 is 1.25 bits per heavy atom. The molecule has 4 heterocycles. The predicted molar refractivity (Wildman–Crippen MR) is 206 cm³/mol. The fourth-order valence-electron chi connectivity index (χ4n) is 8.48. The van der Waals surface area contributed by atoms with Gasteiger partial charge in [-0.1, -0.05) is 97.1 Å². The number of nitrogens with one attached hydrogen (secondary N) is 2. The summed E-state index contributed by atoms with van der Waals surface area (Å²) in [6.07, 6.45) is 1.50. The van der Waals surface area contributed by atoms with Crippen LogP contribution in [0.2, 0.25) is 0 Å². The lowest BCUT2D eigenvalue weighted by Gasteiger charge is -2.40. The van der Waals surface area contributed by atoms with Gasteiger partial charge in [-0.3, -0.25) is 0 Å². The molecule has 8 nitrogen and oxygen atoms in total. The number of hydrogen-bond acceptors (Lipinski definition) is 6. The van der Waals surface area contributed by atoms with Crippen molar-refractivity contribution in [1.29, 1.82) is 0 Å². The minimum Gasteiger partial charge on any atom is -0.444 e. The van der Waals surface area contributed by atoms with E-state index in [2.05, 4.69) is 83.4 Å². The minimum absolute atomic E-state index is 0.0486. The molecule has 0 spiro atoms. The molecule has 2 fully saturated rings. The second-order valence-electron chi connectivity index (χ2n) is 16.4. The van der Waals surface area contributed by atoms with Crippen LogP contribution in [0.15, 0.2) is 109 Å². The van der Waals surface area contributed by atoms with E-state index in [0.717, 1.165) is 37.3 Å². The molecule has 8 heteroatoms. The van der Waals surface area contributed by atoms with E-state index >= 15 is 0 Å². The van der Waals surface area contributed by atoms with Gasteiger partial charge in [0.1, 0.15) is 11.2 Å².